The Morgan fingerprint density at radius 3 is 2.81 bits per heavy atom. The van der Waals surface area contributed by atoms with Gasteiger partial charge in [0.25, 0.3) is 0 Å². The van der Waals surface area contributed by atoms with E-state index in [0.717, 1.165) is 0 Å². The number of halogens is 3. The number of amides is 1. The highest BCUT2D eigenvalue weighted by molar-refractivity contribution is 6.52. The Morgan fingerprint density at radius 1 is 1.62 bits per heavy atom. The monoisotopic (exact) mass is 284 g/mol. The molecular formula is C8H11Cl3N4O. The van der Waals surface area contributed by atoms with Crippen molar-refractivity contribution in [2.45, 2.75) is 29.7 Å². The second kappa shape index (κ2) is 5.70. The number of hydrogen-bond acceptors (Lipinski definition) is 3. The van der Waals surface area contributed by atoms with Crippen molar-refractivity contribution in [1.29, 1.82) is 0 Å². The summed E-state index contributed by atoms with van der Waals surface area (Å²) in [4.78, 5) is 14.9. The Balaban J connectivity index is 2.58. The lowest BCUT2D eigenvalue weighted by Crippen LogP contribution is -2.44. The summed E-state index contributed by atoms with van der Waals surface area (Å²) in [5.41, 5.74) is -0.896. The molecule has 1 heterocycles. The molecule has 1 atom stereocenters. The SMILES string of the molecule is CCC(=O)NC(Cl)C(Cl)(Cl)Cn1cncn1. The van der Waals surface area contributed by atoms with E-state index in [2.05, 4.69) is 15.4 Å². The maximum atomic E-state index is 11.1. The molecule has 8 heteroatoms. The Hall–Kier alpha value is -0.520. The minimum Gasteiger partial charge on any atom is -0.337 e. The minimum atomic E-state index is -1.35. The summed E-state index contributed by atoms with van der Waals surface area (Å²) >= 11 is 17.9. The fourth-order valence-corrected chi connectivity index (χ4v) is 1.50. The van der Waals surface area contributed by atoms with Gasteiger partial charge in [0.1, 0.15) is 18.2 Å². The molecule has 1 rings (SSSR count). The molecule has 0 aromatic carbocycles. The first-order chi connectivity index (χ1) is 7.45. The molecule has 5 nitrogen and oxygen atoms in total. The summed E-state index contributed by atoms with van der Waals surface area (Å²) in [5, 5.41) is 6.33. The molecular weight excluding hydrogens is 274 g/mol. The maximum Gasteiger partial charge on any atom is 0.220 e. The molecule has 0 saturated heterocycles. The van der Waals surface area contributed by atoms with E-state index < -0.39 is 9.83 Å². The van der Waals surface area contributed by atoms with Crippen LogP contribution in [0.5, 0.6) is 0 Å². The minimum absolute atomic E-state index is 0.133. The van der Waals surface area contributed by atoms with Gasteiger partial charge in [0.2, 0.25) is 5.91 Å². The van der Waals surface area contributed by atoms with Gasteiger partial charge in [-0.1, -0.05) is 41.7 Å². The molecule has 1 N–H and O–H groups in total. The van der Waals surface area contributed by atoms with Gasteiger partial charge in [0.15, 0.2) is 4.33 Å². The summed E-state index contributed by atoms with van der Waals surface area (Å²) in [6, 6.07) is 0. The molecule has 16 heavy (non-hydrogen) atoms. The largest absolute Gasteiger partial charge is 0.337 e. The number of carbonyl (C=O) groups is 1. The summed E-state index contributed by atoms with van der Waals surface area (Å²) in [7, 11) is 0. The molecule has 1 aromatic rings. The number of rotatable bonds is 5. The van der Waals surface area contributed by atoms with Crippen LogP contribution in [0.15, 0.2) is 12.7 Å². The van der Waals surface area contributed by atoms with E-state index in [1.807, 2.05) is 0 Å². The summed E-state index contributed by atoms with van der Waals surface area (Å²) in [6.45, 7) is 1.84. The number of aromatic nitrogens is 3. The van der Waals surface area contributed by atoms with Crippen molar-refractivity contribution in [1.82, 2.24) is 20.1 Å². The molecule has 0 aliphatic carbocycles. The van der Waals surface area contributed by atoms with Crippen LogP contribution in [0.4, 0.5) is 0 Å². The first-order valence-electron chi connectivity index (χ1n) is 4.59. The number of nitrogens with one attached hydrogen (secondary N) is 1. The lowest BCUT2D eigenvalue weighted by atomic mass is 10.3. The average Bonchev–Trinajstić information content (AvgIpc) is 2.69. The standard InChI is InChI=1S/C8H11Cl3N4O/c1-2-6(16)14-7(9)8(10,11)3-15-5-12-4-13-15/h4-5,7H,2-3H2,1H3,(H,14,16). The summed E-state index contributed by atoms with van der Waals surface area (Å²) in [5.74, 6) is -0.218. The van der Waals surface area contributed by atoms with E-state index in [4.69, 9.17) is 34.8 Å². The van der Waals surface area contributed by atoms with E-state index in [-0.39, 0.29) is 12.5 Å². The zero-order valence-electron chi connectivity index (χ0n) is 8.53. The van der Waals surface area contributed by atoms with Crippen molar-refractivity contribution < 1.29 is 4.79 Å². The molecule has 0 radical (unpaired) electrons. The number of alkyl halides is 3. The summed E-state index contributed by atoms with van der Waals surface area (Å²) in [6.07, 6.45) is 3.14. The van der Waals surface area contributed by atoms with Gasteiger partial charge in [0.05, 0.1) is 6.54 Å². The Bertz CT molecular complexity index is 341. The molecule has 90 valence electrons. The number of hydrogen-bond donors (Lipinski definition) is 1. The van der Waals surface area contributed by atoms with Crippen molar-refractivity contribution in [2.24, 2.45) is 0 Å². The quantitative estimate of drug-likeness (QED) is 0.659. The second-order valence-electron chi connectivity index (χ2n) is 3.14. The van der Waals surface area contributed by atoms with Crippen molar-refractivity contribution in [2.75, 3.05) is 0 Å². The molecule has 0 aliphatic heterocycles. The van der Waals surface area contributed by atoms with Gasteiger partial charge in [-0.2, -0.15) is 5.10 Å². The molecule has 1 unspecified atom stereocenters. The molecule has 0 aliphatic rings. The first kappa shape index (κ1) is 13.5. The van der Waals surface area contributed by atoms with Crippen molar-refractivity contribution in [3.05, 3.63) is 12.7 Å². The van der Waals surface area contributed by atoms with Gasteiger partial charge in [-0.05, 0) is 0 Å². The predicted octanol–water partition coefficient (Wildman–Crippen LogP) is 1.54. The van der Waals surface area contributed by atoms with Gasteiger partial charge in [-0.25, -0.2) is 9.67 Å². The van der Waals surface area contributed by atoms with Crippen molar-refractivity contribution in [3.8, 4) is 0 Å². The third-order valence-corrected chi connectivity index (χ3v) is 3.20. The van der Waals surface area contributed by atoms with Gasteiger partial charge in [-0.3, -0.25) is 4.79 Å². The van der Waals surface area contributed by atoms with Gasteiger partial charge < -0.3 is 5.32 Å². The zero-order chi connectivity index (χ0) is 12.2. The smallest absolute Gasteiger partial charge is 0.220 e. The van der Waals surface area contributed by atoms with Crippen LogP contribution in [0.2, 0.25) is 0 Å². The molecule has 0 spiro atoms. The Labute approximate surface area is 108 Å². The average molecular weight is 286 g/mol. The van der Waals surface area contributed by atoms with Crippen LogP contribution in [0.25, 0.3) is 0 Å². The fourth-order valence-electron chi connectivity index (χ4n) is 0.960. The van der Waals surface area contributed by atoms with Crippen molar-refractivity contribution in [3.63, 3.8) is 0 Å². The zero-order valence-corrected chi connectivity index (χ0v) is 10.8. The van der Waals surface area contributed by atoms with E-state index in [9.17, 15) is 4.79 Å². The van der Waals surface area contributed by atoms with Crippen LogP contribution in [0.1, 0.15) is 13.3 Å². The normalized spacial score (nSPS) is 13.5. The topological polar surface area (TPSA) is 59.8 Å². The van der Waals surface area contributed by atoms with Crippen LogP contribution in [0, 0.1) is 0 Å². The van der Waals surface area contributed by atoms with Gasteiger partial charge in [0, 0.05) is 6.42 Å². The van der Waals surface area contributed by atoms with Gasteiger partial charge in [-0.15, -0.1) is 0 Å². The van der Waals surface area contributed by atoms with E-state index in [1.54, 1.807) is 6.92 Å². The molecule has 0 saturated carbocycles. The van der Waals surface area contributed by atoms with Crippen LogP contribution in [-0.4, -0.2) is 30.5 Å². The molecule has 0 bridgehead atoms. The lowest BCUT2D eigenvalue weighted by Gasteiger charge is -2.25. The highest BCUT2D eigenvalue weighted by atomic mass is 35.5. The van der Waals surface area contributed by atoms with E-state index in [0.29, 0.717) is 6.42 Å². The third-order valence-electron chi connectivity index (χ3n) is 1.82. The molecule has 1 aromatic heterocycles. The van der Waals surface area contributed by atoms with Crippen LogP contribution >= 0.6 is 34.8 Å². The highest BCUT2D eigenvalue weighted by Gasteiger charge is 2.35. The summed E-state index contributed by atoms with van der Waals surface area (Å²) < 4.78 is 0.0908. The fraction of sp³-hybridized carbons (Fsp3) is 0.625. The van der Waals surface area contributed by atoms with Crippen LogP contribution in [-0.2, 0) is 11.3 Å². The Morgan fingerprint density at radius 2 is 2.31 bits per heavy atom. The third kappa shape index (κ3) is 3.81. The molecule has 1 amide bonds. The maximum absolute atomic E-state index is 11.1. The van der Waals surface area contributed by atoms with Gasteiger partial charge >= 0.3 is 0 Å². The number of nitrogens with zero attached hydrogens (tertiary/aromatic N) is 3. The van der Waals surface area contributed by atoms with Crippen molar-refractivity contribution >= 4 is 40.7 Å². The second-order valence-corrected chi connectivity index (χ2v) is 5.12. The lowest BCUT2D eigenvalue weighted by molar-refractivity contribution is -0.121. The highest BCUT2D eigenvalue weighted by Crippen LogP contribution is 2.29. The van der Waals surface area contributed by atoms with Crippen LogP contribution in [0.3, 0.4) is 0 Å². The molecule has 0 fully saturated rings. The predicted molar refractivity (Wildman–Crippen MR) is 62.5 cm³/mol. The Kier molecular flexibility index (Phi) is 4.83. The first-order valence-corrected chi connectivity index (χ1v) is 5.78. The van der Waals surface area contributed by atoms with E-state index >= 15 is 0 Å². The van der Waals surface area contributed by atoms with Crippen LogP contribution < -0.4 is 5.32 Å². The van der Waals surface area contributed by atoms with E-state index in [1.165, 1.54) is 17.3 Å². The number of carbonyl (C=O) groups excluding carboxylic acids is 1.